The highest BCUT2D eigenvalue weighted by molar-refractivity contribution is 5.91. The first-order chi connectivity index (χ1) is 11.0. The van der Waals surface area contributed by atoms with Gasteiger partial charge in [-0.15, -0.1) is 0 Å². The van der Waals surface area contributed by atoms with Crippen molar-refractivity contribution in [1.82, 2.24) is 4.90 Å². The third-order valence-electron chi connectivity index (χ3n) is 3.64. The van der Waals surface area contributed by atoms with Crippen molar-refractivity contribution in [3.63, 3.8) is 0 Å². The fraction of sp³-hybridized carbons (Fsp3) is 0.222. The van der Waals surface area contributed by atoms with Crippen molar-refractivity contribution in [2.45, 2.75) is 19.9 Å². The third-order valence-corrected chi connectivity index (χ3v) is 3.64. The van der Waals surface area contributed by atoms with Crippen molar-refractivity contribution in [2.24, 2.45) is 5.73 Å². The van der Waals surface area contributed by atoms with Crippen LogP contribution in [0.25, 0.3) is 0 Å². The van der Waals surface area contributed by atoms with Crippen LogP contribution in [0.15, 0.2) is 48.5 Å². The van der Waals surface area contributed by atoms with Gasteiger partial charge >= 0.3 is 6.03 Å². The SMILES string of the molecule is Cc1ccccc1CN(C)C(=O)Nc1ccccc1CC(N)=O. The number of nitrogens with zero attached hydrogens (tertiary/aromatic N) is 1. The highest BCUT2D eigenvalue weighted by atomic mass is 16.2. The van der Waals surface area contributed by atoms with E-state index in [4.69, 9.17) is 5.73 Å². The number of urea groups is 1. The zero-order chi connectivity index (χ0) is 16.8. The van der Waals surface area contributed by atoms with Gasteiger partial charge in [0.1, 0.15) is 0 Å². The Morgan fingerprint density at radius 3 is 2.30 bits per heavy atom. The van der Waals surface area contributed by atoms with Crippen molar-refractivity contribution in [3.05, 3.63) is 65.2 Å². The molecule has 120 valence electrons. The number of amides is 3. The van der Waals surface area contributed by atoms with Gasteiger partial charge in [-0.3, -0.25) is 4.79 Å². The molecule has 0 atom stereocenters. The minimum atomic E-state index is -0.431. The van der Waals surface area contributed by atoms with Gasteiger partial charge < -0.3 is 16.0 Å². The van der Waals surface area contributed by atoms with Gasteiger partial charge in [0.25, 0.3) is 0 Å². The van der Waals surface area contributed by atoms with E-state index < -0.39 is 5.91 Å². The Kier molecular flexibility index (Phi) is 5.36. The molecular weight excluding hydrogens is 290 g/mol. The van der Waals surface area contributed by atoms with Crippen LogP contribution in [0.3, 0.4) is 0 Å². The molecule has 3 amide bonds. The van der Waals surface area contributed by atoms with Crippen molar-refractivity contribution in [3.8, 4) is 0 Å². The molecule has 0 unspecified atom stereocenters. The smallest absolute Gasteiger partial charge is 0.321 e. The molecule has 2 aromatic carbocycles. The van der Waals surface area contributed by atoms with E-state index in [2.05, 4.69) is 5.32 Å². The van der Waals surface area contributed by atoms with Crippen LogP contribution in [-0.4, -0.2) is 23.9 Å². The lowest BCUT2D eigenvalue weighted by atomic mass is 10.1. The Balaban J connectivity index is 2.07. The van der Waals surface area contributed by atoms with Crippen LogP contribution in [0, 0.1) is 6.92 Å². The second-order valence-corrected chi connectivity index (χ2v) is 5.51. The molecule has 5 heteroatoms. The van der Waals surface area contributed by atoms with E-state index in [1.54, 1.807) is 30.1 Å². The summed E-state index contributed by atoms with van der Waals surface area (Å²) in [5, 5.41) is 2.83. The van der Waals surface area contributed by atoms with Crippen molar-refractivity contribution in [2.75, 3.05) is 12.4 Å². The minimum Gasteiger partial charge on any atom is -0.369 e. The predicted molar refractivity (Wildman–Crippen MR) is 91.0 cm³/mol. The summed E-state index contributed by atoms with van der Waals surface area (Å²) in [4.78, 5) is 25.1. The maximum atomic E-state index is 12.4. The molecule has 0 aliphatic rings. The quantitative estimate of drug-likeness (QED) is 0.891. The van der Waals surface area contributed by atoms with Crippen LogP contribution in [0.1, 0.15) is 16.7 Å². The Morgan fingerprint density at radius 1 is 1.04 bits per heavy atom. The standard InChI is InChI=1S/C18H21N3O2/c1-13-7-3-4-9-15(13)12-21(2)18(23)20-16-10-6-5-8-14(16)11-17(19)22/h3-10H,11-12H2,1-2H3,(H2,19,22)(H,20,23). The van der Waals surface area contributed by atoms with E-state index in [1.807, 2.05) is 37.3 Å². The van der Waals surface area contributed by atoms with E-state index in [0.29, 0.717) is 17.8 Å². The first kappa shape index (κ1) is 16.5. The number of carbonyl (C=O) groups excluding carboxylic acids is 2. The van der Waals surface area contributed by atoms with E-state index in [-0.39, 0.29) is 12.5 Å². The summed E-state index contributed by atoms with van der Waals surface area (Å²) in [6.07, 6.45) is 0.0952. The zero-order valence-corrected chi connectivity index (χ0v) is 13.4. The summed E-state index contributed by atoms with van der Waals surface area (Å²) >= 11 is 0. The van der Waals surface area contributed by atoms with E-state index in [0.717, 1.165) is 11.1 Å². The lowest BCUT2D eigenvalue weighted by Gasteiger charge is -2.20. The summed E-state index contributed by atoms with van der Waals surface area (Å²) in [7, 11) is 1.73. The van der Waals surface area contributed by atoms with Crippen LogP contribution in [-0.2, 0) is 17.8 Å². The molecule has 0 aromatic heterocycles. The fourth-order valence-electron chi connectivity index (χ4n) is 2.31. The zero-order valence-electron chi connectivity index (χ0n) is 13.4. The first-order valence-electron chi connectivity index (χ1n) is 7.40. The Bertz CT molecular complexity index is 713. The summed E-state index contributed by atoms with van der Waals surface area (Å²) in [6.45, 7) is 2.53. The summed E-state index contributed by atoms with van der Waals surface area (Å²) in [6, 6.07) is 14.9. The Morgan fingerprint density at radius 2 is 1.65 bits per heavy atom. The molecule has 0 spiro atoms. The monoisotopic (exact) mass is 311 g/mol. The van der Waals surface area contributed by atoms with E-state index >= 15 is 0 Å². The van der Waals surface area contributed by atoms with Crippen molar-refractivity contribution in [1.29, 1.82) is 0 Å². The van der Waals surface area contributed by atoms with Crippen molar-refractivity contribution >= 4 is 17.6 Å². The fourth-order valence-corrected chi connectivity index (χ4v) is 2.31. The first-order valence-corrected chi connectivity index (χ1v) is 7.40. The molecule has 2 rings (SSSR count). The van der Waals surface area contributed by atoms with E-state index in [1.165, 1.54) is 0 Å². The van der Waals surface area contributed by atoms with Gasteiger partial charge in [0.15, 0.2) is 0 Å². The number of carbonyl (C=O) groups is 2. The van der Waals surface area contributed by atoms with Crippen LogP contribution in [0.2, 0.25) is 0 Å². The largest absolute Gasteiger partial charge is 0.369 e. The van der Waals surface area contributed by atoms with Crippen LogP contribution in [0.5, 0.6) is 0 Å². The summed E-state index contributed by atoms with van der Waals surface area (Å²) < 4.78 is 0. The number of hydrogen-bond acceptors (Lipinski definition) is 2. The summed E-state index contributed by atoms with van der Waals surface area (Å²) in [5.41, 5.74) is 8.78. The maximum Gasteiger partial charge on any atom is 0.321 e. The highest BCUT2D eigenvalue weighted by Gasteiger charge is 2.13. The molecule has 5 nitrogen and oxygen atoms in total. The van der Waals surface area contributed by atoms with Gasteiger partial charge in [-0.25, -0.2) is 4.79 Å². The molecule has 0 fully saturated rings. The third kappa shape index (κ3) is 4.57. The molecule has 23 heavy (non-hydrogen) atoms. The van der Waals surface area contributed by atoms with Crippen LogP contribution >= 0.6 is 0 Å². The normalized spacial score (nSPS) is 10.2. The van der Waals surface area contributed by atoms with Gasteiger partial charge in [0.2, 0.25) is 5.91 Å². The molecular formula is C18H21N3O2. The topological polar surface area (TPSA) is 75.4 Å². The second kappa shape index (κ2) is 7.45. The number of primary amides is 1. The predicted octanol–water partition coefficient (Wildman–Crippen LogP) is 2.69. The van der Waals surface area contributed by atoms with Crippen LogP contribution < -0.4 is 11.1 Å². The number of rotatable bonds is 5. The molecule has 0 bridgehead atoms. The Labute approximate surface area is 136 Å². The number of hydrogen-bond donors (Lipinski definition) is 2. The lowest BCUT2D eigenvalue weighted by Crippen LogP contribution is -2.31. The Hall–Kier alpha value is -2.82. The lowest BCUT2D eigenvalue weighted by molar-refractivity contribution is -0.117. The van der Waals surface area contributed by atoms with Crippen molar-refractivity contribution < 1.29 is 9.59 Å². The number of benzene rings is 2. The van der Waals surface area contributed by atoms with Gasteiger partial charge in [0, 0.05) is 19.3 Å². The van der Waals surface area contributed by atoms with Gasteiger partial charge in [0.05, 0.1) is 6.42 Å². The number of nitrogens with one attached hydrogen (secondary N) is 1. The number of anilines is 1. The van der Waals surface area contributed by atoms with Gasteiger partial charge in [-0.05, 0) is 29.7 Å². The average Bonchev–Trinajstić information content (AvgIpc) is 2.51. The number of nitrogens with two attached hydrogens (primary N) is 1. The molecule has 0 heterocycles. The van der Waals surface area contributed by atoms with Gasteiger partial charge in [-0.1, -0.05) is 42.5 Å². The van der Waals surface area contributed by atoms with Gasteiger partial charge in [-0.2, -0.15) is 0 Å². The summed E-state index contributed by atoms with van der Waals surface area (Å²) in [5.74, 6) is -0.431. The second-order valence-electron chi connectivity index (χ2n) is 5.51. The molecule has 0 radical (unpaired) electrons. The molecule has 0 saturated heterocycles. The molecule has 2 aromatic rings. The number of para-hydroxylation sites is 1. The van der Waals surface area contributed by atoms with Crippen LogP contribution in [0.4, 0.5) is 10.5 Å². The van der Waals surface area contributed by atoms with E-state index in [9.17, 15) is 9.59 Å². The molecule has 0 aliphatic carbocycles. The minimum absolute atomic E-state index is 0.0952. The number of aryl methyl sites for hydroxylation is 1. The average molecular weight is 311 g/mol. The molecule has 0 saturated carbocycles. The molecule has 3 N–H and O–H groups in total. The maximum absolute atomic E-state index is 12.4. The highest BCUT2D eigenvalue weighted by Crippen LogP contribution is 2.17. The molecule has 0 aliphatic heterocycles.